The van der Waals surface area contributed by atoms with Gasteiger partial charge in [-0.2, -0.15) is 0 Å². The molecule has 1 rings (SSSR count). The van der Waals surface area contributed by atoms with Crippen LogP contribution in [0.5, 0.6) is 5.75 Å². The van der Waals surface area contributed by atoms with Crippen LogP contribution in [-0.4, -0.2) is 38.1 Å². The van der Waals surface area contributed by atoms with Crippen molar-refractivity contribution >= 4 is 11.7 Å². The van der Waals surface area contributed by atoms with Crippen molar-refractivity contribution in [3.05, 3.63) is 29.8 Å². The third kappa shape index (κ3) is 6.90. The lowest BCUT2D eigenvalue weighted by molar-refractivity contribution is -0.123. The number of ether oxygens (including phenoxy) is 2. The predicted molar refractivity (Wildman–Crippen MR) is 80.7 cm³/mol. The second-order valence-electron chi connectivity index (χ2n) is 4.49. The van der Waals surface area contributed by atoms with E-state index in [0.29, 0.717) is 37.5 Å². The van der Waals surface area contributed by atoms with Crippen LogP contribution >= 0.6 is 0 Å². The van der Waals surface area contributed by atoms with Gasteiger partial charge in [0.2, 0.25) is 0 Å². The van der Waals surface area contributed by atoms with Gasteiger partial charge >= 0.3 is 0 Å². The number of rotatable bonds is 10. The summed E-state index contributed by atoms with van der Waals surface area (Å²) in [5.41, 5.74) is 0.658. The van der Waals surface area contributed by atoms with Crippen LogP contribution in [0.2, 0.25) is 0 Å². The molecule has 5 heteroatoms. The highest BCUT2D eigenvalue weighted by atomic mass is 16.5. The quantitative estimate of drug-likeness (QED) is 0.530. The maximum Gasteiger partial charge on any atom is 0.257 e. The Balaban J connectivity index is 2.25. The SMILES string of the molecule is CCOCCCNC(=O)COc1ccc(C(=O)CC)cc1. The molecule has 116 valence electrons. The van der Waals surface area contributed by atoms with E-state index in [4.69, 9.17) is 9.47 Å². The maximum atomic E-state index is 11.5. The molecule has 1 amide bonds. The second-order valence-corrected chi connectivity index (χ2v) is 4.49. The summed E-state index contributed by atoms with van der Waals surface area (Å²) in [5, 5.41) is 2.75. The number of benzene rings is 1. The van der Waals surface area contributed by atoms with Gasteiger partial charge in [0.1, 0.15) is 5.75 Å². The van der Waals surface area contributed by atoms with Gasteiger partial charge in [0.05, 0.1) is 0 Å². The molecule has 0 heterocycles. The molecule has 0 unspecified atom stereocenters. The number of ketones is 1. The summed E-state index contributed by atoms with van der Waals surface area (Å²) in [6.45, 7) is 5.63. The Labute approximate surface area is 125 Å². The molecule has 0 radical (unpaired) electrons. The third-order valence-electron chi connectivity index (χ3n) is 2.86. The average Bonchev–Trinajstić information content (AvgIpc) is 2.52. The molecule has 0 saturated heterocycles. The van der Waals surface area contributed by atoms with E-state index in [1.54, 1.807) is 24.3 Å². The fourth-order valence-corrected chi connectivity index (χ4v) is 1.69. The van der Waals surface area contributed by atoms with Crippen LogP contribution in [0.1, 0.15) is 37.0 Å². The van der Waals surface area contributed by atoms with E-state index in [9.17, 15) is 9.59 Å². The Morgan fingerprint density at radius 1 is 1.14 bits per heavy atom. The number of carbonyl (C=O) groups excluding carboxylic acids is 2. The first-order valence-corrected chi connectivity index (χ1v) is 7.27. The number of nitrogens with one attached hydrogen (secondary N) is 1. The Bertz CT molecular complexity index is 442. The molecule has 1 aromatic carbocycles. The monoisotopic (exact) mass is 293 g/mol. The van der Waals surface area contributed by atoms with E-state index in [2.05, 4.69) is 5.32 Å². The minimum atomic E-state index is -0.166. The molecular formula is C16H23NO4. The molecule has 0 aliphatic rings. The molecule has 0 fully saturated rings. The van der Waals surface area contributed by atoms with E-state index < -0.39 is 0 Å². The van der Waals surface area contributed by atoms with Crippen molar-refractivity contribution in [2.45, 2.75) is 26.7 Å². The molecule has 1 N–H and O–H groups in total. The Morgan fingerprint density at radius 2 is 1.86 bits per heavy atom. The maximum absolute atomic E-state index is 11.5. The highest BCUT2D eigenvalue weighted by molar-refractivity contribution is 5.95. The smallest absolute Gasteiger partial charge is 0.257 e. The van der Waals surface area contributed by atoms with Crippen LogP contribution in [-0.2, 0) is 9.53 Å². The zero-order valence-electron chi connectivity index (χ0n) is 12.7. The Morgan fingerprint density at radius 3 is 2.48 bits per heavy atom. The molecule has 21 heavy (non-hydrogen) atoms. The fourth-order valence-electron chi connectivity index (χ4n) is 1.69. The lowest BCUT2D eigenvalue weighted by Crippen LogP contribution is -2.30. The third-order valence-corrected chi connectivity index (χ3v) is 2.86. The van der Waals surface area contributed by atoms with Crippen molar-refractivity contribution in [3.8, 4) is 5.75 Å². The zero-order chi connectivity index (χ0) is 15.5. The van der Waals surface area contributed by atoms with Crippen molar-refractivity contribution < 1.29 is 19.1 Å². The Kier molecular flexibility index (Phi) is 8.12. The summed E-state index contributed by atoms with van der Waals surface area (Å²) in [5.74, 6) is 0.501. The van der Waals surface area contributed by atoms with Crippen LogP contribution < -0.4 is 10.1 Å². The zero-order valence-corrected chi connectivity index (χ0v) is 12.7. The van der Waals surface area contributed by atoms with Crippen LogP contribution in [0.4, 0.5) is 0 Å². The first-order chi connectivity index (χ1) is 10.2. The van der Waals surface area contributed by atoms with E-state index in [0.717, 1.165) is 6.42 Å². The van der Waals surface area contributed by atoms with Gasteiger partial charge in [-0.25, -0.2) is 0 Å². The van der Waals surface area contributed by atoms with Gasteiger partial charge in [0.15, 0.2) is 12.4 Å². The summed E-state index contributed by atoms with van der Waals surface area (Å²) in [7, 11) is 0. The van der Waals surface area contributed by atoms with Gasteiger partial charge in [-0.05, 0) is 37.6 Å². The lowest BCUT2D eigenvalue weighted by atomic mass is 10.1. The van der Waals surface area contributed by atoms with E-state index >= 15 is 0 Å². The van der Waals surface area contributed by atoms with E-state index in [1.807, 2.05) is 13.8 Å². The van der Waals surface area contributed by atoms with Crippen LogP contribution in [0, 0.1) is 0 Å². The predicted octanol–water partition coefficient (Wildman–Crippen LogP) is 2.20. The largest absolute Gasteiger partial charge is 0.484 e. The van der Waals surface area contributed by atoms with Gasteiger partial charge in [-0.15, -0.1) is 0 Å². The lowest BCUT2D eigenvalue weighted by Gasteiger charge is -2.08. The molecule has 1 aromatic rings. The second kappa shape index (κ2) is 9.94. The molecule has 0 aliphatic carbocycles. The normalized spacial score (nSPS) is 10.2. The van der Waals surface area contributed by atoms with Gasteiger partial charge < -0.3 is 14.8 Å². The first kappa shape index (κ1) is 17.2. The van der Waals surface area contributed by atoms with Gasteiger partial charge in [-0.3, -0.25) is 9.59 Å². The van der Waals surface area contributed by atoms with Crippen LogP contribution in [0.3, 0.4) is 0 Å². The van der Waals surface area contributed by atoms with Crippen molar-refractivity contribution in [1.29, 1.82) is 0 Å². The van der Waals surface area contributed by atoms with E-state index in [1.165, 1.54) is 0 Å². The van der Waals surface area contributed by atoms with Crippen molar-refractivity contribution in [3.63, 3.8) is 0 Å². The van der Waals surface area contributed by atoms with Crippen molar-refractivity contribution in [1.82, 2.24) is 5.32 Å². The van der Waals surface area contributed by atoms with E-state index in [-0.39, 0.29) is 18.3 Å². The standard InChI is InChI=1S/C16H23NO4/c1-3-15(18)13-6-8-14(9-7-13)21-12-16(19)17-10-5-11-20-4-2/h6-9H,3-5,10-12H2,1-2H3,(H,17,19). The van der Waals surface area contributed by atoms with Crippen molar-refractivity contribution in [2.75, 3.05) is 26.4 Å². The Hall–Kier alpha value is -1.88. The summed E-state index contributed by atoms with van der Waals surface area (Å²) in [6, 6.07) is 6.82. The minimum Gasteiger partial charge on any atom is -0.484 e. The number of carbonyl (C=O) groups is 2. The average molecular weight is 293 g/mol. The number of hydrogen-bond donors (Lipinski definition) is 1. The minimum absolute atomic E-state index is 0.0320. The number of amides is 1. The molecule has 0 aliphatic heterocycles. The first-order valence-electron chi connectivity index (χ1n) is 7.27. The molecular weight excluding hydrogens is 270 g/mol. The summed E-state index contributed by atoms with van der Waals surface area (Å²) >= 11 is 0. The van der Waals surface area contributed by atoms with Crippen LogP contribution in [0.15, 0.2) is 24.3 Å². The summed E-state index contributed by atoms with van der Waals surface area (Å²) < 4.78 is 10.5. The highest BCUT2D eigenvalue weighted by Crippen LogP contribution is 2.13. The molecule has 0 atom stereocenters. The molecule has 0 spiro atoms. The highest BCUT2D eigenvalue weighted by Gasteiger charge is 2.05. The molecule has 0 bridgehead atoms. The number of Topliss-reactive ketones (excluding diaryl/α,β-unsaturated/α-hetero) is 1. The number of hydrogen-bond acceptors (Lipinski definition) is 4. The van der Waals surface area contributed by atoms with Gasteiger partial charge in [0, 0.05) is 31.7 Å². The molecule has 5 nitrogen and oxygen atoms in total. The van der Waals surface area contributed by atoms with Gasteiger partial charge in [0.25, 0.3) is 5.91 Å². The van der Waals surface area contributed by atoms with Crippen LogP contribution in [0.25, 0.3) is 0 Å². The molecule has 0 aromatic heterocycles. The van der Waals surface area contributed by atoms with Crippen molar-refractivity contribution in [2.24, 2.45) is 0 Å². The summed E-state index contributed by atoms with van der Waals surface area (Å²) in [4.78, 5) is 23.0. The summed E-state index contributed by atoms with van der Waals surface area (Å²) in [6.07, 6.45) is 1.26. The van der Waals surface area contributed by atoms with Gasteiger partial charge in [-0.1, -0.05) is 6.92 Å². The topological polar surface area (TPSA) is 64.6 Å². The fraction of sp³-hybridized carbons (Fsp3) is 0.500. The molecule has 0 saturated carbocycles.